The topological polar surface area (TPSA) is 64.9 Å². The normalized spacial score (nSPS) is 10.9. The first-order valence-electron chi connectivity index (χ1n) is 6.80. The molecule has 0 aliphatic carbocycles. The highest BCUT2D eigenvalue weighted by atomic mass is 35.5. The summed E-state index contributed by atoms with van der Waals surface area (Å²) in [6.45, 7) is 1.86. The first-order valence-corrected chi connectivity index (χ1v) is 7.93. The van der Waals surface area contributed by atoms with Gasteiger partial charge in [-0.3, -0.25) is 4.79 Å². The van der Waals surface area contributed by atoms with Gasteiger partial charge >= 0.3 is 0 Å². The van der Waals surface area contributed by atoms with E-state index in [1.165, 1.54) is 6.20 Å². The fraction of sp³-hybridized carbons (Fsp3) is 0.0588. The van der Waals surface area contributed by atoms with Crippen LogP contribution < -0.4 is 10.6 Å². The van der Waals surface area contributed by atoms with Crippen molar-refractivity contribution in [3.8, 4) is 6.07 Å². The number of benzene rings is 2. The van der Waals surface area contributed by atoms with Crippen molar-refractivity contribution in [3.63, 3.8) is 0 Å². The predicted octanol–water partition coefficient (Wildman–Crippen LogP) is 5.41. The number of carbonyl (C=O) groups is 1. The van der Waals surface area contributed by atoms with Crippen LogP contribution in [-0.4, -0.2) is 5.91 Å². The smallest absolute Gasteiger partial charge is 0.267 e. The van der Waals surface area contributed by atoms with Crippen LogP contribution in [0.2, 0.25) is 15.1 Å². The lowest BCUT2D eigenvalue weighted by Crippen LogP contribution is -2.14. The van der Waals surface area contributed by atoms with E-state index in [0.29, 0.717) is 26.4 Å². The van der Waals surface area contributed by atoms with Gasteiger partial charge in [-0.1, -0.05) is 40.9 Å². The van der Waals surface area contributed by atoms with E-state index in [0.717, 1.165) is 5.56 Å². The molecule has 0 aliphatic heterocycles. The molecule has 0 spiro atoms. The Balaban J connectivity index is 2.11. The van der Waals surface area contributed by atoms with Crippen LogP contribution in [0.15, 0.2) is 48.2 Å². The van der Waals surface area contributed by atoms with Crippen LogP contribution >= 0.6 is 34.8 Å². The third-order valence-corrected chi connectivity index (χ3v) is 4.24. The molecule has 0 radical (unpaired) electrons. The Morgan fingerprint density at radius 3 is 2.33 bits per heavy atom. The number of nitriles is 1. The average molecular weight is 381 g/mol. The van der Waals surface area contributed by atoms with E-state index in [4.69, 9.17) is 40.1 Å². The summed E-state index contributed by atoms with van der Waals surface area (Å²) in [5.41, 5.74) is 1.90. The second kappa shape index (κ2) is 8.07. The van der Waals surface area contributed by atoms with Gasteiger partial charge in [0, 0.05) is 22.6 Å². The van der Waals surface area contributed by atoms with Crippen molar-refractivity contribution < 1.29 is 4.79 Å². The van der Waals surface area contributed by atoms with E-state index in [1.54, 1.807) is 36.4 Å². The van der Waals surface area contributed by atoms with Crippen LogP contribution in [0.25, 0.3) is 0 Å². The molecule has 0 heterocycles. The van der Waals surface area contributed by atoms with Gasteiger partial charge in [0.05, 0.1) is 10.0 Å². The largest absolute Gasteiger partial charge is 0.360 e. The zero-order valence-corrected chi connectivity index (χ0v) is 14.8. The molecule has 0 aliphatic rings. The van der Waals surface area contributed by atoms with Crippen LogP contribution in [0.5, 0.6) is 0 Å². The molecule has 2 rings (SSSR count). The van der Waals surface area contributed by atoms with Crippen LogP contribution in [0.1, 0.15) is 5.56 Å². The lowest BCUT2D eigenvalue weighted by Gasteiger charge is -2.07. The second-order valence-electron chi connectivity index (χ2n) is 4.86. The summed E-state index contributed by atoms with van der Waals surface area (Å²) in [4.78, 5) is 12.2. The number of anilines is 2. The maximum atomic E-state index is 12.2. The van der Waals surface area contributed by atoms with E-state index in [2.05, 4.69) is 10.6 Å². The van der Waals surface area contributed by atoms with Crippen LogP contribution in [0.4, 0.5) is 11.4 Å². The zero-order chi connectivity index (χ0) is 17.7. The van der Waals surface area contributed by atoms with Crippen LogP contribution in [0, 0.1) is 18.3 Å². The fourth-order valence-electron chi connectivity index (χ4n) is 1.76. The van der Waals surface area contributed by atoms with Gasteiger partial charge in [-0.05, 0) is 42.8 Å². The molecule has 0 saturated carbocycles. The molecule has 0 aromatic heterocycles. The third kappa shape index (κ3) is 4.65. The van der Waals surface area contributed by atoms with E-state index >= 15 is 0 Å². The SMILES string of the molecule is Cc1ccc(NC(=O)/C(C#N)=C\Nc2ccc(Cl)c(Cl)c2)cc1Cl. The quantitative estimate of drug-likeness (QED) is 0.550. The fourth-order valence-corrected chi connectivity index (χ4v) is 2.24. The summed E-state index contributed by atoms with van der Waals surface area (Å²) < 4.78 is 0. The van der Waals surface area contributed by atoms with Gasteiger partial charge in [-0.15, -0.1) is 0 Å². The van der Waals surface area contributed by atoms with Crippen molar-refractivity contribution >= 4 is 52.1 Å². The lowest BCUT2D eigenvalue weighted by atomic mass is 10.2. The Kier molecular flexibility index (Phi) is 6.10. The summed E-state index contributed by atoms with van der Waals surface area (Å²) in [6.07, 6.45) is 1.30. The third-order valence-electron chi connectivity index (χ3n) is 3.10. The number of hydrogen-bond donors (Lipinski definition) is 2. The van der Waals surface area contributed by atoms with Crippen molar-refractivity contribution in [2.24, 2.45) is 0 Å². The first-order chi connectivity index (χ1) is 11.4. The molecule has 24 heavy (non-hydrogen) atoms. The highest BCUT2D eigenvalue weighted by Crippen LogP contribution is 2.25. The molecular weight excluding hydrogens is 369 g/mol. The molecular formula is C17H12Cl3N3O. The van der Waals surface area contributed by atoms with E-state index in [-0.39, 0.29) is 5.57 Å². The maximum Gasteiger partial charge on any atom is 0.267 e. The summed E-state index contributed by atoms with van der Waals surface area (Å²) in [6, 6.07) is 11.8. The molecule has 0 fully saturated rings. The minimum absolute atomic E-state index is 0.0993. The molecule has 0 atom stereocenters. The standard InChI is InChI=1S/C17H12Cl3N3O/c1-10-2-3-13(7-15(10)19)23-17(24)11(8-21)9-22-12-4-5-14(18)16(20)6-12/h2-7,9,22H,1H3,(H,23,24)/b11-9-. The van der Waals surface area contributed by atoms with Gasteiger partial charge < -0.3 is 10.6 Å². The first kappa shape index (κ1) is 18.2. The molecule has 2 aromatic carbocycles. The van der Waals surface area contributed by atoms with Gasteiger partial charge in [0.1, 0.15) is 11.6 Å². The van der Waals surface area contributed by atoms with Crippen molar-refractivity contribution in [1.82, 2.24) is 0 Å². The zero-order valence-electron chi connectivity index (χ0n) is 12.5. The molecule has 2 aromatic rings. The number of amides is 1. The highest BCUT2D eigenvalue weighted by molar-refractivity contribution is 6.42. The van der Waals surface area contributed by atoms with E-state index in [1.807, 2.05) is 13.0 Å². The van der Waals surface area contributed by atoms with Crippen molar-refractivity contribution in [2.75, 3.05) is 10.6 Å². The van der Waals surface area contributed by atoms with Crippen molar-refractivity contribution in [1.29, 1.82) is 5.26 Å². The summed E-state index contributed by atoms with van der Waals surface area (Å²) in [5, 5.41) is 15.9. The molecule has 2 N–H and O–H groups in total. The van der Waals surface area contributed by atoms with Crippen LogP contribution in [-0.2, 0) is 4.79 Å². The Bertz CT molecular complexity index is 857. The van der Waals surface area contributed by atoms with E-state index in [9.17, 15) is 4.79 Å². The number of rotatable bonds is 4. The van der Waals surface area contributed by atoms with Gasteiger partial charge in [0.25, 0.3) is 5.91 Å². The Labute approximate surface area is 154 Å². The molecule has 1 amide bonds. The minimum atomic E-state index is -0.551. The van der Waals surface area contributed by atoms with Gasteiger partial charge in [-0.2, -0.15) is 5.26 Å². The Morgan fingerprint density at radius 2 is 1.71 bits per heavy atom. The number of halogens is 3. The number of nitrogens with zero attached hydrogens (tertiary/aromatic N) is 1. The summed E-state index contributed by atoms with van der Waals surface area (Å²) in [7, 11) is 0. The predicted molar refractivity (Wildman–Crippen MR) is 98.6 cm³/mol. The second-order valence-corrected chi connectivity index (χ2v) is 6.08. The van der Waals surface area contributed by atoms with Gasteiger partial charge in [0.2, 0.25) is 0 Å². The summed E-state index contributed by atoms with van der Waals surface area (Å²) >= 11 is 17.8. The molecule has 0 bridgehead atoms. The van der Waals surface area contributed by atoms with Crippen molar-refractivity contribution in [3.05, 3.63) is 68.8 Å². The molecule has 0 unspecified atom stereocenters. The van der Waals surface area contributed by atoms with Gasteiger partial charge in [0.15, 0.2) is 0 Å². The Morgan fingerprint density at radius 1 is 1.04 bits per heavy atom. The van der Waals surface area contributed by atoms with Crippen molar-refractivity contribution in [2.45, 2.75) is 6.92 Å². The lowest BCUT2D eigenvalue weighted by molar-refractivity contribution is -0.112. The number of nitrogens with one attached hydrogen (secondary N) is 2. The number of hydrogen-bond acceptors (Lipinski definition) is 3. The molecule has 122 valence electrons. The van der Waals surface area contributed by atoms with Gasteiger partial charge in [-0.25, -0.2) is 0 Å². The Hall–Kier alpha value is -2.19. The number of aryl methyl sites for hydroxylation is 1. The minimum Gasteiger partial charge on any atom is -0.360 e. The highest BCUT2D eigenvalue weighted by Gasteiger charge is 2.10. The molecule has 4 nitrogen and oxygen atoms in total. The van der Waals surface area contributed by atoms with E-state index < -0.39 is 5.91 Å². The molecule has 0 saturated heterocycles. The monoisotopic (exact) mass is 379 g/mol. The maximum absolute atomic E-state index is 12.2. The number of carbonyl (C=O) groups excluding carboxylic acids is 1. The molecule has 7 heteroatoms. The van der Waals surface area contributed by atoms with Crippen LogP contribution in [0.3, 0.4) is 0 Å². The summed E-state index contributed by atoms with van der Waals surface area (Å²) in [5.74, 6) is -0.551. The average Bonchev–Trinajstić information content (AvgIpc) is 2.55.